The van der Waals surface area contributed by atoms with E-state index in [1.807, 2.05) is 26.0 Å². The molecule has 18 heavy (non-hydrogen) atoms. The smallest absolute Gasteiger partial charge is 0.0624 e. The molecule has 0 nitrogen and oxygen atoms in total. The van der Waals surface area contributed by atoms with Gasteiger partial charge in [0, 0.05) is 0 Å². The molecule has 2 rings (SSSR count). The van der Waals surface area contributed by atoms with E-state index in [1.165, 1.54) is 11.1 Å². The van der Waals surface area contributed by atoms with Crippen molar-refractivity contribution in [3.8, 4) is 0 Å². The predicted octanol–water partition coefficient (Wildman–Crippen LogP) is 5.91. The first-order valence-electron chi connectivity index (χ1n) is 5.86. The van der Waals surface area contributed by atoms with Gasteiger partial charge in [0.05, 0.1) is 10.0 Å². The van der Waals surface area contributed by atoms with E-state index in [1.54, 1.807) is 0 Å². The van der Waals surface area contributed by atoms with E-state index < -0.39 is 0 Å². The summed E-state index contributed by atoms with van der Waals surface area (Å²) >= 11 is 11.7. The van der Waals surface area contributed by atoms with E-state index in [2.05, 4.69) is 38.1 Å². The Morgan fingerprint density at radius 3 is 1.11 bits per heavy atom. The van der Waals surface area contributed by atoms with Gasteiger partial charge >= 0.3 is 0 Å². The molecule has 0 saturated heterocycles. The van der Waals surface area contributed by atoms with Gasteiger partial charge in [-0.15, -0.1) is 0 Å². The molecule has 0 saturated carbocycles. The lowest BCUT2D eigenvalue weighted by molar-refractivity contribution is 1.40. The quantitative estimate of drug-likeness (QED) is 0.562. The molecule has 0 bridgehead atoms. The van der Waals surface area contributed by atoms with Crippen molar-refractivity contribution in [2.45, 2.75) is 27.7 Å². The normalized spacial score (nSPS) is 9.67. The average molecular weight is 281 g/mol. The van der Waals surface area contributed by atoms with Crippen LogP contribution in [0.1, 0.15) is 22.3 Å². The highest BCUT2D eigenvalue weighted by Gasteiger charge is 2.02. The Labute approximate surface area is 120 Å². The van der Waals surface area contributed by atoms with Gasteiger partial charge in [0.15, 0.2) is 0 Å². The molecule has 0 aliphatic carbocycles. The fraction of sp³-hybridized carbons (Fsp3) is 0.250. The van der Waals surface area contributed by atoms with Crippen LogP contribution in [0, 0.1) is 27.7 Å². The maximum atomic E-state index is 5.85. The Hall–Kier alpha value is -0.980. The van der Waals surface area contributed by atoms with E-state index >= 15 is 0 Å². The summed E-state index contributed by atoms with van der Waals surface area (Å²) in [5.74, 6) is 0. The second-order valence-corrected chi connectivity index (χ2v) is 5.24. The molecule has 96 valence electrons. The van der Waals surface area contributed by atoms with Crippen molar-refractivity contribution in [3.63, 3.8) is 0 Å². The monoisotopic (exact) mass is 280 g/mol. The fourth-order valence-corrected chi connectivity index (χ4v) is 1.80. The summed E-state index contributed by atoms with van der Waals surface area (Å²) in [7, 11) is 0. The standard InChI is InChI=1S/C8H8Cl2.C8H10/c1-5-3-4-6(2)8(10)7(5)9;1-7-3-5-8(2)6-4-7/h3-4H,1-2H3;3-6H,1-2H3. The first-order valence-corrected chi connectivity index (χ1v) is 6.62. The molecule has 0 atom stereocenters. The zero-order chi connectivity index (χ0) is 13.7. The van der Waals surface area contributed by atoms with Crippen molar-refractivity contribution < 1.29 is 0 Å². The summed E-state index contributed by atoms with van der Waals surface area (Å²) in [6.07, 6.45) is 0. The Bertz CT molecular complexity index is 465. The van der Waals surface area contributed by atoms with Gasteiger partial charge in [-0.25, -0.2) is 0 Å². The summed E-state index contributed by atoms with van der Waals surface area (Å²) < 4.78 is 0. The molecule has 2 aromatic carbocycles. The Morgan fingerprint density at radius 1 is 0.556 bits per heavy atom. The zero-order valence-corrected chi connectivity index (χ0v) is 12.7. The van der Waals surface area contributed by atoms with Gasteiger partial charge in [0.2, 0.25) is 0 Å². The first-order chi connectivity index (χ1) is 8.41. The second-order valence-electron chi connectivity index (χ2n) is 4.48. The highest BCUT2D eigenvalue weighted by Crippen LogP contribution is 2.27. The van der Waals surface area contributed by atoms with Crippen molar-refractivity contribution in [2.75, 3.05) is 0 Å². The molecule has 2 heteroatoms. The van der Waals surface area contributed by atoms with Crippen LogP contribution in [0.25, 0.3) is 0 Å². The number of hydrogen-bond donors (Lipinski definition) is 0. The number of halogens is 2. The summed E-state index contributed by atoms with van der Waals surface area (Å²) in [4.78, 5) is 0. The largest absolute Gasteiger partial charge is 0.0824 e. The van der Waals surface area contributed by atoms with Crippen LogP contribution in [-0.4, -0.2) is 0 Å². The molecule has 0 unspecified atom stereocenters. The van der Waals surface area contributed by atoms with Gasteiger partial charge in [0.25, 0.3) is 0 Å². The van der Waals surface area contributed by atoms with Crippen LogP contribution in [0.3, 0.4) is 0 Å². The van der Waals surface area contributed by atoms with Gasteiger partial charge < -0.3 is 0 Å². The Morgan fingerprint density at radius 2 is 0.833 bits per heavy atom. The van der Waals surface area contributed by atoms with Gasteiger partial charge in [-0.1, -0.05) is 70.7 Å². The summed E-state index contributed by atoms with van der Waals surface area (Å²) in [6.45, 7) is 8.07. The van der Waals surface area contributed by atoms with Crippen molar-refractivity contribution >= 4 is 23.2 Å². The maximum Gasteiger partial charge on any atom is 0.0624 e. The molecule has 2 aromatic rings. The number of benzene rings is 2. The van der Waals surface area contributed by atoms with Crippen LogP contribution >= 0.6 is 23.2 Å². The van der Waals surface area contributed by atoms with E-state index in [0.29, 0.717) is 10.0 Å². The second kappa shape index (κ2) is 6.82. The molecule has 0 radical (unpaired) electrons. The van der Waals surface area contributed by atoms with Crippen LogP contribution < -0.4 is 0 Å². The summed E-state index contributed by atoms with van der Waals surface area (Å²) in [5, 5.41) is 1.34. The molecule has 0 aromatic heterocycles. The first kappa shape index (κ1) is 15.1. The molecule has 0 heterocycles. The van der Waals surface area contributed by atoms with Crippen molar-refractivity contribution in [1.82, 2.24) is 0 Å². The third kappa shape index (κ3) is 4.36. The highest BCUT2D eigenvalue weighted by molar-refractivity contribution is 6.42. The minimum Gasteiger partial charge on any atom is -0.0824 e. The molecule has 0 amide bonds. The SMILES string of the molecule is Cc1ccc(C)c(Cl)c1Cl.Cc1ccc(C)cc1. The van der Waals surface area contributed by atoms with E-state index in [-0.39, 0.29) is 0 Å². The average Bonchev–Trinajstić information content (AvgIpc) is 2.36. The van der Waals surface area contributed by atoms with Crippen molar-refractivity contribution in [2.24, 2.45) is 0 Å². The highest BCUT2D eigenvalue weighted by atomic mass is 35.5. The number of rotatable bonds is 0. The van der Waals surface area contributed by atoms with Crippen LogP contribution in [0.15, 0.2) is 36.4 Å². The van der Waals surface area contributed by atoms with Crippen molar-refractivity contribution in [3.05, 3.63) is 68.7 Å². The topological polar surface area (TPSA) is 0 Å². The zero-order valence-electron chi connectivity index (χ0n) is 11.2. The molecule has 0 spiro atoms. The van der Waals surface area contributed by atoms with E-state index in [9.17, 15) is 0 Å². The van der Waals surface area contributed by atoms with Crippen LogP contribution in [0.4, 0.5) is 0 Å². The third-order valence-electron chi connectivity index (χ3n) is 2.69. The minimum atomic E-state index is 0.668. The van der Waals surface area contributed by atoms with Crippen molar-refractivity contribution in [1.29, 1.82) is 0 Å². The molecule has 0 N–H and O–H groups in total. The van der Waals surface area contributed by atoms with Crippen LogP contribution in [-0.2, 0) is 0 Å². The summed E-state index contributed by atoms with van der Waals surface area (Å²) in [5.41, 5.74) is 4.71. The molecule has 0 aliphatic heterocycles. The van der Waals surface area contributed by atoms with Crippen LogP contribution in [0.2, 0.25) is 10.0 Å². The molecule has 0 aliphatic rings. The third-order valence-corrected chi connectivity index (χ3v) is 3.76. The Balaban J connectivity index is 0.000000184. The number of hydrogen-bond acceptors (Lipinski definition) is 0. The lowest BCUT2D eigenvalue weighted by Gasteiger charge is -2.01. The lowest BCUT2D eigenvalue weighted by Crippen LogP contribution is -1.79. The Kier molecular flexibility index (Phi) is 5.71. The fourth-order valence-electron chi connectivity index (χ4n) is 1.38. The molecule has 0 fully saturated rings. The minimum absolute atomic E-state index is 0.668. The van der Waals surface area contributed by atoms with E-state index in [0.717, 1.165) is 11.1 Å². The molecular formula is C16H18Cl2. The van der Waals surface area contributed by atoms with Gasteiger partial charge in [-0.05, 0) is 38.8 Å². The van der Waals surface area contributed by atoms with Gasteiger partial charge in [0.1, 0.15) is 0 Å². The summed E-state index contributed by atoms with van der Waals surface area (Å²) in [6, 6.07) is 12.4. The molecular weight excluding hydrogens is 263 g/mol. The predicted molar refractivity (Wildman–Crippen MR) is 81.9 cm³/mol. The van der Waals surface area contributed by atoms with Gasteiger partial charge in [-0.3, -0.25) is 0 Å². The van der Waals surface area contributed by atoms with E-state index in [4.69, 9.17) is 23.2 Å². The maximum absolute atomic E-state index is 5.85. The lowest BCUT2D eigenvalue weighted by atomic mass is 10.2. The van der Waals surface area contributed by atoms with Gasteiger partial charge in [-0.2, -0.15) is 0 Å². The number of aryl methyl sites for hydroxylation is 4. The van der Waals surface area contributed by atoms with Crippen LogP contribution in [0.5, 0.6) is 0 Å².